The average Bonchev–Trinajstić information content (AvgIpc) is 2.90. The fraction of sp³-hybridized carbons (Fsp3) is 0.364. The zero-order valence-electron chi connectivity index (χ0n) is 9.50. The molecule has 6 heteroatoms. The maximum atomic E-state index is 11.9. The molecule has 2 aromatic rings. The second kappa shape index (κ2) is 5.97. The third-order valence-corrected chi connectivity index (χ3v) is 4.07. The van der Waals surface area contributed by atoms with Gasteiger partial charge in [0.05, 0.1) is 27.7 Å². The van der Waals surface area contributed by atoms with Gasteiger partial charge >= 0.3 is 0 Å². The van der Waals surface area contributed by atoms with Crippen molar-refractivity contribution in [2.75, 3.05) is 5.75 Å². The van der Waals surface area contributed by atoms with Crippen LogP contribution in [0, 0.1) is 0 Å². The highest BCUT2D eigenvalue weighted by atomic mass is 32.2. The summed E-state index contributed by atoms with van der Waals surface area (Å²) < 4.78 is 11.9. The molecule has 2 heterocycles. The molecule has 0 aliphatic rings. The Morgan fingerprint density at radius 3 is 2.94 bits per heavy atom. The Kier molecular flexibility index (Phi) is 4.33. The molecular weight excluding hydrogens is 254 g/mol. The topological polar surface area (TPSA) is 55.7 Å². The molecule has 0 N–H and O–H groups in total. The molecule has 0 aliphatic carbocycles. The molecule has 1 atom stereocenters. The third kappa shape index (κ3) is 3.17. The first kappa shape index (κ1) is 12.3. The summed E-state index contributed by atoms with van der Waals surface area (Å²) in [4.78, 5) is 12.5. The van der Waals surface area contributed by atoms with Gasteiger partial charge in [-0.1, -0.05) is 13.3 Å². The Balaban J connectivity index is 2.20. The highest BCUT2D eigenvalue weighted by Crippen LogP contribution is 2.16. The molecule has 0 aromatic carbocycles. The van der Waals surface area contributed by atoms with Gasteiger partial charge in [0.2, 0.25) is 5.16 Å². The lowest BCUT2D eigenvalue weighted by Crippen LogP contribution is -2.03. The quantitative estimate of drug-likeness (QED) is 0.781. The van der Waals surface area contributed by atoms with E-state index in [-0.39, 0.29) is 0 Å². The van der Waals surface area contributed by atoms with E-state index in [1.807, 2.05) is 5.38 Å². The zero-order chi connectivity index (χ0) is 12.1. The number of nitrogens with zero attached hydrogens (tertiary/aromatic N) is 3. The highest BCUT2D eigenvalue weighted by molar-refractivity contribution is 7.84. The van der Waals surface area contributed by atoms with Gasteiger partial charge in [0.1, 0.15) is 0 Å². The first-order chi connectivity index (χ1) is 8.31. The van der Waals surface area contributed by atoms with Crippen molar-refractivity contribution in [1.29, 1.82) is 0 Å². The first-order valence-corrected chi connectivity index (χ1v) is 7.67. The van der Waals surface area contributed by atoms with Gasteiger partial charge in [-0.25, -0.2) is 15.0 Å². The van der Waals surface area contributed by atoms with Crippen molar-refractivity contribution >= 4 is 22.1 Å². The third-order valence-electron chi connectivity index (χ3n) is 2.22. The van der Waals surface area contributed by atoms with E-state index >= 15 is 0 Å². The summed E-state index contributed by atoms with van der Waals surface area (Å²) in [5, 5.41) is 2.32. The predicted octanol–water partition coefficient (Wildman–Crippen LogP) is 2.51. The fourth-order valence-corrected chi connectivity index (χ4v) is 2.96. The van der Waals surface area contributed by atoms with Crippen molar-refractivity contribution in [1.82, 2.24) is 15.0 Å². The maximum absolute atomic E-state index is 11.9. The Bertz CT molecular complexity index is 499. The molecule has 90 valence electrons. The first-order valence-electron chi connectivity index (χ1n) is 5.41. The summed E-state index contributed by atoms with van der Waals surface area (Å²) in [5.41, 5.74) is 3.30. The van der Waals surface area contributed by atoms with Gasteiger partial charge < -0.3 is 0 Å². The van der Waals surface area contributed by atoms with Crippen molar-refractivity contribution in [2.45, 2.75) is 24.9 Å². The van der Waals surface area contributed by atoms with Gasteiger partial charge in [-0.05, 0) is 12.5 Å². The Labute approximate surface area is 107 Å². The van der Waals surface area contributed by atoms with Gasteiger partial charge in [-0.2, -0.15) is 0 Å². The molecule has 17 heavy (non-hydrogen) atoms. The maximum Gasteiger partial charge on any atom is 0.219 e. The normalized spacial score (nSPS) is 12.5. The van der Waals surface area contributed by atoms with Crippen molar-refractivity contribution in [3.8, 4) is 11.4 Å². The number of unbranched alkanes of at least 4 members (excludes halogenated alkanes) is 1. The van der Waals surface area contributed by atoms with E-state index in [4.69, 9.17) is 0 Å². The van der Waals surface area contributed by atoms with E-state index in [2.05, 4.69) is 21.9 Å². The largest absolute Gasteiger partial charge is 0.251 e. The van der Waals surface area contributed by atoms with Crippen LogP contribution in [0.2, 0.25) is 0 Å². The van der Waals surface area contributed by atoms with E-state index in [1.165, 1.54) is 11.3 Å². The number of hydrogen-bond acceptors (Lipinski definition) is 5. The highest BCUT2D eigenvalue weighted by Gasteiger charge is 2.09. The second-order valence-electron chi connectivity index (χ2n) is 3.50. The molecule has 0 bridgehead atoms. The lowest BCUT2D eigenvalue weighted by atomic mass is 10.3. The van der Waals surface area contributed by atoms with Crippen LogP contribution < -0.4 is 0 Å². The van der Waals surface area contributed by atoms with Crippen LogP contribution in [0.3, 0.4) is 0 Å². The molecule has 1 unspecified atom stereocenters. The summed E-state index contributed by atoms with van der Waals surface area (Å²) in [5.74, 6) is 0.622. The summed E-state index contributed by atoms with van der Waals surface area (Å²) in [7, 11) is -1.10. The van der Waals surface area contributed by atoms with Crippen LogP contribution in [-0.4, -0.2) is 24.9 Å². The minimum absolute atomic E-state index is 0.406. The Morgan fingerprint density at radius 2 is 2.24 bits per heavy atom. The van der Waals surface area contributed by atoms with Crippen LogP contribution in [0.4, 0.5) is 0 Å². The number of hydrogen-bond donors (Lipinski definition) is 0. The van der Waals surface area contributed by atoms with Gasteiger partial charge in [-0.15, -0.1) is 11.3 Å². The predicted molar refractivity (Wildman–Crippen MR) is 69.3 cm³/mol. The summed E-state index contributed by atoms with van der Waals surface area (Å²) >= 11 is 1.52. The molecular formula is C11H13N3OS2. The standard InChI is InChI=1S/C11H13N3OS2/c1-2-3-6-17(15)11-12-5-4-9(14-11)10-7-16-8-13-10/h4-5,7-8H,2-3,6H2,1H3. The number of thiazole rings is 1. The van der Waals surface area contributed by atoms with Gasteiger partial charge in [-0.3, -0.25) is 4.21 Å². The van der Waals surface area contributed by atoms with Gasteiger partial charge in [0.25, 0.3) is 0 Å². The van der Waals surface area contributed by atoms with Crippen molar-refractivity contribution in [3.63, 3.8) is 0 Å². The van der Waals surface area contributed by atoms with Crippen LogP contribution in [-0.2, 0) is 10.8 Å². The van der Waals surface area contributed by atoms with E-state index in [0.717, 1.165) is 24.2 Å². The van der Waals surface area contributed by atoms with Crippen molar-refractivity contribution in [3.05, 3.63) is 23.2 Å². The summed E-state index contributed by atoms with van der Waals surface area (Å²) in [6.07, 6.45) is 3.59. The van der Waals surface area contributed by atoms with Crippen LogP contribution in [0.1, 0.15) is 19.8 Å². The van der Waals surface area contributed by atoms with E-state index in [0.29, 0.717) is 10.9 Å². The summed E-state index contributed by atoms with van der Waals surface area (Å²) in [6, 6.07) is 1.79. The van der Waals surface area contributed by atoms with Crippen LogP contribution in [0.25, 0.3) is 11.4 Å². The number of aromatic nitrogens is 3. The van der Waals surface area contributed by atoms with Gasteiger partial charge in [0, 0.05) is 17.3 Å². The molecule has 4 nitrogen and oxygen atoms in total. The SMILES string of the molecule is CCCCS(=O)c1nccc(-c2cscn2)n1. The fourth-order valence-electron chi connectivity index (χ4n) is 1.30. The van der Waals surface area contributed by atoms with Crippen LogP contribution >= 0.6 is 11.3 Å². The lowest BCUT2D eigenvalue weighted by Gasteiger charge is -2.01. The van der Waals surface area contributed by atoms with Crippen molar-refractivity contribution in [2.24, 2.45) is 0 Å². The van der Waals surface area contributed by atoms with Crippen molar-refractivity contribution < 1.29 is 4.21 Å². The number of rotatable bonds is 5. The molecule has 0 saturated carbocycles. The smallest absolute Gasteiger partial charge is 0.219 e. The zero-order valence-corrected chi connectivity index (χ0v) is 11.1. The summed E-state index contributed by atoms with van der Waals surface area (Å²) in [6.45, 7) is 2.07. The average molecular weight is 267 g/mol. The molecule has 0 saturated heterocycles. The minimum Gasteiger partial charge on any atom is -0.251 e. The van der Waals surface area contributed by atoms with Crippen LogP contribution in [0.15, 0.2) is 28.3 Å². The molecule has 2 aromatic heterocycles. The monoisotopic (exact) mass is 267 g/mol. The van der Waals surface area contributed by atoms with Crippen LogP contribution in [0.5, 0.6) is 0 Å². The van der Waals surface area contributed by atoms with E-state index in [1.54, 1.807) is 17.8 Å². The van der Waals surface area contributed by atoms with Gasteiger partial charge in [0.15, 0.2) is 0 Å². The molecule has 0 amide bonds. The molecule has 2 rings (SSSR count). The molecule has 0 fully saturated rings. The molecule has 0 aliphatic heterocycles. The van der Waals surface area contributed by atoms with E-state index in [9.17, 15) is 4.21 Å². The Hall–Kier alpha value is -1.14. The van der Waals surface area contributed by atoms with E-state index < -0.39 is 10.8 Å². The lowest BCUT2D eigenvalue weighted by molar-refractivity contribution is 0.672. The molecule has 0 spiro atoms. The molecule has 0 radical (unpaired) electrons. The minimum atomic E-state index is -1.10. The Morgan fingerprint density at radius 1 is 1.35 bits per heavy atom. The second-order valence-corrected chi connectivity index (χ2v) is 5.68.